The minimum atomic E-state index is -4.47. The summed E-state index contributed by atoms with van der Waals surface area (Å²) in [5.74, 6) is -1.04. The first-order chi connectivity index (χ1) is 6.31. The topological polar surface area (TPSA) is 21.6 Å². The second kappa shape index (κ2) is 4.28. The maximum Gasteiger partial charge on any atom is 0.465 e. The molecule has 7 heteroatoms. The molecule has 0 saturated carbocycles. The van der Waals surface area contributed by atoms with E-state index in [0.29, 0.717) is 0 Å². The Labute approximate surface area is 90.8 Å². The van der Waals surface area contributed by atoms with Crippen LogP contribution >= 0.6 is 0 Å². The summed E-state index contributed by atoms with van der Waals surface area (Å²) in [6, 6.07) is 0. The number of alkyl halides is 3. The molecule has 0 saturated heterocycles. The van der Waals surface area contributed by atoms with Crippen LogP contribution < -0.4 is 0 Å². The smallest absolute Gasteiger partial charge is 0.465 e. The van der Waals surface area contributed by atoms with Gasteiger partial charge in [-0.2, -0.15) is 13.2 Å². The van der Waals surface area contributed by atoms with Gasteiger partial charge in [-0.05, 0) is 39.3 Å². The highest BCUT2D eigenvalue weighted by molar-refractivity contribution is 6.76. The monoisotopic (exact) mass is 257 g/mol. The van der Waals surface area contributed by atoms with Gasteiger partial charge in [0.25, 0.3) is 5.90 Å². The Balaban J connectivity index is 5.02. The number of halogens is 3. The molecule has 0 unspecified atom stereocenters. The summed E-state index contributed by atoms with van der Waals surface area (Å²) >= 11 is 0. The van der Waals surface area contributed by atoms with E-state index in [0.717, 1.165) is 0 Å². The van der Waals surface area contributed by atoms with Crippen LogP contribution in [-0.2, 0) is 4.43 Å². The molecule has 0 aliphatic carbocycles. The molecule has 90 valence electrons. The highest BCUT2D eigenvalue weighted by atomic mass is 28.4. The van der Waals surface area contributed by atoms with Gasteiger partial charge in [0, 0.05) is 0 Å². The number of hydrogen-bond donors (Lipinski definition) is 0. The molecule has 0 aromatic heterocycles. The van der Waals surface area contributed by atoms with Gasteiger partial charge >= 0.3 is 6.18 Å². The third kappa shape index (κ3) is 7.60. The van der Waals surface area contributed by atoms with Crippen molar-refractivity contribution >= 4 is 22.5 Å². The lowest BCUT2D eigenvalue weighted by Crippen LogP contribution is -2.39. The van der Waals surface area contributed by atoms with Crippen molar-refractivity contribution in [2.45, 2.75) is 45.5 Å². The predicted octanol–water partition coefficient (Wildman–Crippen LogP) is 3.63. The Bertz CT molecular complexity index is 250. The van der Waals surface area contributed by atoms with Crippen molar-refractivity contribution in [1.82, 2.24) is 0 Å². The van der Waals surface area contributed by atoms with Crippen molar-refractivity contribution in [1.29, 1.82) is 0 Å². The minimum Gasteiger partial charge on any atom is -0.529 e. The summed E-state index contributed by atoms with van der Waals surface area (Å²) in [7, 11) is -4.42. The Hall–Kier alpha value is -0.306. The Morgan fingerprint density at radius 1 is 1.00 bits per heavy atom. The molecule has 15 heavy (non-hydrogen) atoms. The van der Waals surface area contributed by atoms with Gasteiger partial charge in [0.2, 0.25) is 8.32 Å². The first-order valence-electron chi connectivity index (χ1n) is 4.67. The molecule has 0 aliphatic heterocycles. The van der Waals surface area contributed by atoms with E-state index >= 15 is 0 Å². The van der Waals surface area contributed by atoms with E-state index < -0.39 is 28.6 Å². The fourth-order valence-corrected chi connectivity index (χ4v) is 2.35. The molecule has 0 heterocycles. The van der Waals surface area contributed by atoms with Gasteiger partial charge in [0.1, 0.15) is 0 Å². The van der Waals surface area contributed by atoms with Crippen LogP contribution in [-0.4, -0.2) is 28.6 Å². The second-order valence-corrected chi connectivity index (χ2v) is 14.3. The molecule has 0 N–H and O–H groups in total. The molecule has 0 spiro atoms. The summed E-state index contributed by atoms with van der Waals surface area (Å²) < 4.78 is 46.4. The van der Waals surface area contributed by atoms with Crippen LogP contribution in [0, 0.1) is 0 Å². The highest BCUT2D eigenvalue weighted by Gasteiger charge is 2.41. The van der Waals surface area contributed by atoms with E-state index in [1.807, 2.05) is 0 Å². The van der Waals surface area contributed by atoms with Crippen molar-refractivity contribution in [3.05, 3.63) is 0 Å². The van der Waals surface area contributed by atoms with Crippen molar-refractivity contribution in [3.63, 3.8) is 0 Å². The highest BCUT2D eigenvalue weighted by Crippen LogP contribution is 2.23. The SMILES string of the molecule is C[Si](C)(C)/N=C(/O[Si](C)(C)C)C(F)(F)F. The van der Waals surface area contributed by atoms with Crippen LogP contribution in [0.1, 0.15) is 0 Å². The third-order valence-electron chi connectivity index (χ3n) is 1.08. The van der Waals surface area contributed by atoms with Gasteiger partial charge < -0.3 is 4.43 Å². The first kappa shape index (κ1) is 14.7. The van der Waals surface area contributed by atoms with E-state index in [1.165, 1.54) is 0 Å². The van der Waals surface area contributed by atoms with E-state index in [2.05, 4.69) is 4.66 Å². The maximum absolute atomic E-state index is 12.6. The van der Waals surface area contributed by atoms with Crippen molar-refractivity contribution < 1.29 is 17.6 Å². The molecule has 0 amide bonds. The van der Waals surface area contributed by atoms with Crippen molar-refractivity contribution in [2.75, 3.05) is 0 Å². The van der Waals surface area contributed by atoms with Crippen LogP contribution in [0.25, 0.3) is 0 Å². The fraction of sp³-hybridized carbons (Fsp3) is 0.875. The Kier molecular flexibility index (Phi) is 4.20. The van der Waals surface area contributed by atoms with Gasteiger partial charge in [0.15, 0.2) is 8.24 Å². The molecule has 0 radical (unpaired) electrons. The lowest BCUT2D eigenvalue weighted by molar-refractivity contribution is -0.0713. The molecule has 0 fully saturated rings. The van der Waals surface area contributed by atoms with E-state index in [1.54, 1.807) is 39.3 Å². The van der Waals surface area contributed by atoms with Crippen molar-refractivity contribution in [2.24, 2.45) is 4.66 Å². The molecule has 0 bridgehead atoms. The standard InChI is InChI=1S/C8H18F3NOSi2/c1-14(2,3)12-7(8(9,10)11)13-15(4,5)6/h1-6H3/b12-7+. The molecule has 0 aliphatic rings. The minimum absolute atomic E-state index is 1.04. The van der Waals surface area contributed by atoms with Crippen LogP contribution in [0.5, 0.6) is 0 Å². The quantitative estimate of drug-likeness (QED) is 0.420. The predicted molar refractivity (Wildman–Crippen MR) is 61.3 cm³/mol. The first-order valence-corrected chi connectivity index (χ1v) is 11.5. The molecule has 0 atom stereocenters. The number of hydrogen-bond acceptors (Lipinski definition) is 2. The fourth-order valence-electron chi connectivity index (χ4n) is 0.739. The third-order valence-corrected chi connectivity index (χ3v) is 2.76. The van der Waals surface area contributed by atoms with Crippen LogP contribution in [0.15, 0.2) is 4.66 Å². The van der Waals surface area contributed by atoms with Crippen LogP contribution in [0.4, 0.5) is 13.2 Å². The maximum atomic E-state index is 12.6. The normalized spacial score (nSPS) is 15.4. The van der Waals surface area contributed by atoms with E-state index in [-0.39, 0.29) is 0 Å². The summed E-state index contributed by atoms with van der Waals surface area (Å²) in [6.07, 6.45) is -4.47. The molecule has 0 rings (SSSR count). The number of rotatable bonds is 2. The number of nitrogens with zero attached hydrogens (tertiary/aromatic N) is 1. The van der Waals surface area contributed by atoms with E-state index in [9.17, 15) is 13.2 Å². The largest absolute Gasteiger partial charge is 0.529 e. The lowest BCUT2D eigenvalue weighted by Gasteiger charge is -2.24. The Morgan fingerprint density at radius 3 is 1.60 bits per heavy atom. The summed E-state index contributed by atoms with van der Waals surface area (Å²) in [4.78, 5) is 0. The summed E-state index contributed by atoms with van der Waals surface area (Å²) in [6.45, 7) is 10.3. The summed E-state index contributed by atoms with van der Waals surface area (Å²) in [5.41, 5.74) is 0. The van der Waals surface area contributed by atoms with Gasteiger partial charge in [-0.1, -0.05) is 0 Å². The zero-order valence-electron chi connectivity index (χ0n) is 9.99. The zero-order valence-corrected chi connectivity index (χ0v) is 12.0. The van der Waals surface area contributed by atoms with E-state index in [4.69, 9.17) is 4.43 Å². The average molecular weight is 257 g/mol. The molecular weight excluding hydrogens is 239 g/mol. The molecule has 0 aromatic carbocycles. The van der Waals surface area contributed by atoms with Gasteiger partial charge in [-0.25, -0.2) is 0 Å². The van der Waals surface area contributed by atoms with Gasteiger partial charge in [-0.3, -0.25) is 4.66 Å². The van der Waals surface area contributed by atoms with Crippen molar-refractivity contribution in [3.8, 4) is 0 Å². The van der Waals surface area contributed by atoms with Gasteiger partial charge in [0.05, 0.1) is 0 Å². The molecule has 2 nitrogen and oxygen atoms in total. The zero-order chi connectivity index (χ0) is 12.5. The molecular formula is C8H18F3NOSi2. The summed E-state index contributed by atoms with van der Waals surface area (Å²) in [5, 5.41) is 0. The molecule has 0 aromatic rings. The van der Waals surface area contributed by atoms with Gasteiger partial charge in [-0.15, -0.1) is 0 Å². The lowest BCUT2D eigenvalue weighted by atomic mass is 10.7. The average Bonchev–Trinajstić information content (AvgIpc) is 1.75. The van der Waals surface area contributed by atoms with Crippen LogP contribution in [0.3, 0.4) is 0 Å². The Morgan fingerprint density at radius 2 is 1.40 bits per heavy atom. The van der Waals surface area contributed by atoms with Crippen LogP contribution in [0.2, 0.25) is 39.3 Å². The second-order valence-electron chi connectivity index (χ2n) is 5.30.